The molecule has 13 heavy (non-hydrogen) atoms. The van der Waals surface area contributed by atoms with E-state index >= 15 is 0 Å². The first-order valence-electron chi connectivity index (χ1n) is 4.78. The van der Waals surface area contributed by atoms with Crippen molar-refractivity contribution in [3.05, 3.63) is 17.1 Å². The van der Waals surface area contributed by atoms with Gasteiger partial charge in [-0.2, -0.15) is 0 Å². The first kappa shape index (κ1) is 11.8. The van der Waals surface area contributed by atoms with Gasteiger partial charge in [-0.05, 0) is 6.42 Å². The van der Waals surface area contributed by atoms with Crippen molar-refractivity contribution in [2.24, 2.45) is 0 Å². The maximum atomic E-state index is 8.95. The molecule has 0 aliphatic heterocycles. The van der Waals surface area contributed by atoms with Gasteiger partial charge < -0.3 is 10.4 Å². The molecular formula is C9H18N3O+. The van der Waals surface area contributed by atoms with Gasteiger partial charge in [0.25, 0.3) is 5.88 Å². The molecule has 0 amide bonds. The van der Waals surface area contributed by atoms with Crippen LogP contribution in [-0.2, 0) is 0 Å². The van der Waals surface area contributed by atoms with Crippen LogP contribution in [0.4, 0.5) is 0 Å². The minimum Gasteiger partial charge on any atom is -0.490 e. The number of hydrogen-bond donors (Lipinski definition) is 2. The highest BCUT2D eigenvalue weighted by molar-refractivity contribution is 4.92. The van der Waals surface area contributed by atoms with E-state index in [-0.39, 0.29) is 5.88 Å². The van der Waals surface area contributed by atoms with Gasteiger partial charge in [0.2, 0.25) is 5.39 Å². The number of nitrogens with one attached hydrogen (secondary N) is 1. The molecule has 4 heteroatoms. The molecule has 0 spiro atoms. The zero-order valence-corrected chi connectivity index (χ0v) is 8.16. The minimum atomic E-state index is -0.0852. The van der Waals surface area contributed by atoms with Gasteiger partial charge >= 0.3 is 6.20 Å². The molecule has 0 saturated carbocycles. The summed E-state index contributed by atoms with van der Waals surface area (Å²) in [6, 6.07) is 0. The third-order valence-electron chi connectivity index (χ3n) is 1.77. The predicted molar refractivity (Wildman–Crippen MR) is 52.6 cm³/mol. The molecule has 0 atom stereocenters. The van der Waals surface area contributed by atoms with Crippen LogP contribution in [-0.4, -0.2) is 11.7 Å². The van der Waals surface area contributed by atoms with E-state index in [9.17, 15) is 0 Å². The molecule has 74 valence electrons. The van der Waals surface area contributed by atoms with Crippen molar-refractivity contribution in [2.45, 2.75) is 39.0 Å². The Morgan fingerprint density at radius 2 is 2.08 bits per heavy atom. The fourth-order valence-corrected chi connectivity index (χ4v) is 1.05. The maximum Gasteiger partial charge on any atom is 0.409 e. The van der Waals surface area contributed by atoms with Crippen molar-refractivity contribution in [1.29, 1.82) is 5.39 Å². The van der Waals surface area contributed by atoms with Gasteiger partial charge in [0.05, 0.1) is 0 Å². The molecule has 0 aliphatic carbocycles. The van der Waals surface area contributed by atoms with E-state index in [1.54, 1.807) is 0 Å². The largest absolute Gasteiger partial charge is 0.490 e. The van der Waals surface area contributed by atoms with Crippen LogP contribution >= 0.6 is 0 Å². The summed E-state index contributed by atoms with van der Waals surface area (Å²) in [5, 5.41) is 19.7. The lowest BCUT2D eigenvalue weighted by Crippen LogP contribution is -2.13. The SMILES string of the molecule is CCCCCCCN/C(O)=C/[N+]#N. The minimum absolute atomic E-state index is 0.0852. The summed E-state index contributed by atoms with van der Waals surface area (Å²) in [5.74, 6) is -0.0852. The third-order valence-corrected chi connectivity index (χ3v) is 1.77. The lowest BCUT2D eigenvalue weighted by Gasteiger charge is -2.01. The molecule has 2 N–H and O–H groups in total. The molecule has 0 fully saturated rings. The summed E-state index contributed by atoms with van der Waals surface area (Å²) in [6.07, 6.45) is 6.93. The average Bonchev–Trinajstić information content (AvgIpc) is 2.11. The highest BCUT2D eigenvalue weighted by atomic mass is 16.3. The number of hydrogen-bond acceptors (Lipinski definition) is 3. The number of aliphatic hydroxyl groups excluding tert-OH is 1. The summed E-state index contributed by atoms with van der Waals surface area (Å²) in [4.78, 5) is 2.69. The highest BCUT2D eigenvalue weighted by Gasteiger charge is 1.96. The first-order valence-corrected chi connectivity index (χ1v) is 4.78. The van der Waals surface area contributed by atoms with Gasteiger partial charge in [-0.3, -0.25) is 0 Å². The van der Waals surface area contributed by atoms with Crippen LogP contribution in [0.15, 0.2) is 12.1 Å². The van der Waals surface area contributed by atoms with Gasteiger partial charge in [-0.15, -0.1) is 0 Å². The number of aliphatic hydroxyl groups is 1. The lowest BCUT2D eigenvalue weighted by atomic mass is 10.1. The van der Waals surface area contributed by atoms with Crippen molar-refractivity contribution in [3.63, 3.8) is 0 Å². The average molecular weight is 184 g/mol. The van der Waals surface area contributed by atoms with Crippen molar-refractivity contribution in [2.75, 3.05) is 6.54 Å². The molecule has 0 radical (unpaired) electrons. The molecule has 0 aromatic heterocycles. The van der Waals surface area contributed by atoms with E-state index in [4.69, 9.17) is 10.5 Å². The van der Waals surface area contributed by atoms with E-state index in [0.29, 0.717) is 0 Å². The molecule has 0 rings (SSSR count). The molecule has 0 bridgehead atoms. The van der Waals surface area contributed by atoms with Crippen LogP contribution in [0.25, 0.3) is 4.98 Å². The van der Waals surface area contributed by atoms with Crippen LogP contribution in [0.3, 0.4) is 0 Å². The Morgan fingerprint density at radius 1 is 1.38 bits per heavy atom. The number of nitrogens with zero attached hydrogens (tertiary/aromatic N) is 2. The van der Waals surface area contributed by atoms with Crippen LogP contribution in [0.1, 0.15) is 39.0 Å². The topological polar surface area (TPSA) is 60.4 Å². The van der Waals surface area contributed by atoms with Crippen LogP contribution in [0.5, 0.6) is 0 Å². The summed E-state index contributed by atoms with van der Waals surface area (Å²) in [5.41, 5.74) is 0. The molecule has 0 aromatic rings. The Kier molecular flexibility index (Phi) is 8.01. The first-order chi connectivity index (χ1) is 6.31. The fraction of sp³-hybridized carbons (Fsp3) is 0.778. The van der Waals surface area contributed by atoms with E-state index in [0.717, 1.165) is 19.2 Å². The molecule has 0 aliphatic rings. The molecule has 4 nitrogen and oxygen atoms in total. The smallest absolute Gasteiger partial charge is 0.409 e. The van der Waals surface area contributed by atoms with E-state index in [1.807, 2.05) is 0 Å². The van der Waals surface area contributed by atoms with Crippen molar-refractivity contribution >= 4 is 0 Å². The second-order valence-corrected chi connectivity index (χ2v) is 2.97. The summed E-state index contributed by atoms with van der Waals surface area (Å²) < 4.78 is 0. The molecular weight excluding hydrogens is 166 g/mol. The van der Waals surface area contributed by atoms with Crippen LogP contribution in [0.2, 0.25) is 0 Å². The Hall–Kier alpha value is -1.24. The molecule has 0 aromatic carbocycles. The monoisotopic (exact) mass is 184 g/mol. The summed E-state index contributed by atoms with van der Waals surface area (Å²) >= 11 is 0. The van der Waals surface area contributed by atoms with Crippen LogP contribution in [0, 0.1) is 5.39 Å². The fourth-order valence-electron chi connectivity index (χ4n) is 1.05. The normalized spacial score (nSPS) is 10.9. The Morgan fingerprint density at radius 3 is 2.69 bits per heavy atom. The molecule has 0 heterocycles. The van der Waals surface area contributed by atoms with Crippen molar-refractivity contribution in [1.82, 2.24) is 5.32 Å². The predicted octanol–water partition coefficient (Wildman–Crippen LogP) is 2.76. The number of rotatable bonds is 7. The quantitative estimate of drug-likeness (QED) is 0.363. The molecule has 0 saturated heterocycles. The number of diazo groups is 1. The van der Waals surface area contributed by atoms with Crippen LogP contribution < -0.4 is 5.32 Å². The molecule has 0 unspecified atom stereocenters. The van der Waals surface area contributed by atoms with E-state index in [2.05, 4.69) is 17.2 Å². The Bertz CT molecular complexity index is 184. The highest BCUT2D eigenvalue weighted by Crippen LogP contribution is 2.01. The standard InChI is InChI=1S/C9H17N3O/c1-2-3-4-5-6-7-11-9(13)8-12-10/h8,11H,2-7H2,1H3/p+1/b9-8-. The maximum absolute atomic E-state index is 8.95. The van der Waals surface area contributed by atoms with Crippen molar-refractivity contribution in [3.8, 4) is 0 Å². The second-order valence-electron chi connectivity index (χ2n) is 2.97. The lowest BCUT2D eigenvalue weighted by molar-refractivity contribution is 0.361. The van der Waals surface area contributed by atoms with Gasteiger partial charge in [0, 0.05) is 6.54 Å². The Labute approximate surface area is 79.3 Å². The summed E-state index contributed by atoms with van der Waals surface area (Å²) in [7, 11) is 0. The second kappa shape index (κ2) is 8.85. The zero-order chi connectivity index (χ0) is 9.94. The summed E-state index contributed by atoms with van der Waals surface area (Å²) in [6.45, 7) is 2.90. The van der Waals surface area contributed by atoms with E-state index in [1.165, 1.54) is 25.7 Å². The van der Waals surface area contributed by atoms with Gasteiger partial charge in [0.1, 0.15) is 0 Å². The van der Waals surface area contributed by atoms with E-state index < -0.39 is 0 Å². The van der Waals surface area contributed by atoms with Crippen molar-refractivity contribution < 1.29 is 5.11 Å². The third kappa shape index (κ3) is 8.67. The van der Waals surface area contributed by atoms with Gasteiger partial charge in [-0.1, -0.05) is 32.6 Å². The van der Waals surface area contributed by atoms with Gasteiger partial charge in [0.15, 0.2) is 4.98 Å². The Balaban J connectivity index is 3.17. The number of unbranched alkanes of at least 4 members (excludes halogenated alkanes) is 4. The van der Waals surface area contributed by atoms with Gasteiger partial charge in [-0.25, -0.2) is 0 Å². The zero-order valence-electron chi connectivity index (χ0n) is 8.16.